The topological polar surface area (TPSA) is 101 Å². The molecule has 1 aromatic rings. The first kappa shape index (κ1) is 21.2. The lowest BCUT2D eigenvalue weighted by molar-refractivity contribution is 0.0488. The fourth-order valence-electron chi connectivity index (χ4n) is 3.10. The van der Waals surface area contributed by atoms with Gasteiger partial charge in [0.2, 0.25) is 0 Å². The third-order valence-electron chi connectivity index (χ3n) is 4.33. The number of rotatable bonds is 4. The molecule has 27 heavy (non-hydrogen) atoms. The van der Waals surface area contributed by atoms with Gasteiger partial charge in [-0.05, 0) is 40.5 Å². The van der Waals surface area contributed by atoms with Gasteiger partial charge in [0.1, 0.15) is 16.3 Å². The van der Waals surface area contributed by atoms with Crippen LogP contribution in [0.4, 0.5) is 15.0 Å². The summed E-state index contributed by atoms with van der Waals surface area (Å²) in [7, 11) is 0. The summed E-state index contributed by atoms with van der Waals surface area (Å²) in [4.78, 5) is 27.2. The fourth-order valence-corrected chi connectivity index (χ4v) is 3.41. The number of ether oxygens (including phenoxy) is 1. The minimum absolute atomic E-state index is 0.0857. The molecule has 7 nitrogen and oxygen atoms in total. The van der Waals surface area contributed by atoms with Crippen molar-refractivity contribution in [3.63, 3.8) is 0 Å². The Morgan fingerprint density at radius 3 is 2.41 bits per heavy atom. The van der Waals surface area contributed by atoms with Crippen molar-refractivity contribution in [2.24, 2.45) is 0 Å². The monoisotopic (exact) mass is 401 g/mol. The average Bonchev–Trinajstić information content (AvgIpc) is 2.52. The average molecular weight is 402 g/mol. The van der Waals surface area contributed by atoms with Gasteiger partial charge in [0, 0.05) is 11.6 Å². The van der Waals surface area contributed by atoms with Crippen molar-refractivity contribution in [2.45, 2.75) is 71.1 Å². The van der Waals surface area contributed by atoms with Crippen LogP contribution in [0.3, 0.4) is 0 Å². The standard InChI is InChI=1S/C18H25ClFN3O4/c1-9-12(16(24)25)14(19)23-15(13(9)20)21-10-7-5-6-8-11(10)22-17(26)27-18(2,3)4/h10-11H,5-8H2,1-4H3,(H,21,23)(H,22,26)(H,24,25)/t10-,11+/m1/s1. The van der Waals surface area contributed by atoms with E-state index in [1.54, 1.807) is 20.8 Å². The molecule has 1 saturated carbocycles. The van der Waals surface area contributed by atoms with Crippen molar-refractivity contribution in [1.82, 2.24) is 10.3 Å². The number of hydrogen-bond donors (Lipinski definition) is 3. The minimum atomic E-state index is -1.34. The maximum Gasteiger partial charge on any atom is 0.407 e. The summed E-state index contributed by atoms with van der Waals surface area (Å²) < 4.78 is 19.9. The molecule has 1 aliphatic carbocycles. The third kappa shape index (κ3) is 5.45. The molecule has 0 aliphatic heterocycles. The van der Waals surface area contributed by atoms with Crippen molar-refractivity contribution in [2.75, 3.05) is 5.32 Å². The molecule has 1 amide bonds. The van der Waals surface area contributed by atoms with E-state index in [1.807, 2.05) is 0 Å². The number of carbonyl (C=O) groups is 2. The molecular weight excluding hydrogens is 377 g/mol. The van der Waals surface area contributed by atoms with E-state index in [-0.39, 0.29) is 34.2 Å². The van der Waals surface area contributed by atoms with E-state index in [0.29, 0.717) is 12.8 Å². The van der Waals surface area contributed by atoms with E-state index in [9.17, 15) is 14.0 Å². The van der Waals surface area contributed by atoms with Crippen LogP contribution in [0.5, 0.6) is 0 Å². The molecule has 0 saturated heterocycles. The molecule has 1 aromatic heterocycles. The molecule has 1 fully saturated rings. The first-order valence-electron chi connectivity index (χ1n) is 8.84. The van der Waals surface area contributed by atoms with Crippen LogP contribution in [0.1, 0.15) is 62.4 Å². The van der Waals surface area contributed by atoms with Crippen molar-refractivity contribution in [3.05, 3.63) is 22.1 Å². The van der Waals surface area contributed by atoms with Gasteiger partial charge in [-0.15, -0.1) is 0 Å². The summed E-state index contributed by atoms with van der Waals surface area (Å²) in [6, 6.07) is -0.549. The van der Waals surface area contributed by atoms with Gasteiger partial charge >= 0.3 is 12.1 Å². The number of halogens is 2. The van der Waals surface area contributed by atoms with Crippen molar-refractivity contribution in [3.8, 4) is 0 Å². The quantitative estimate of drug-likeness (QED) is 0.656. The van der Waals surface area contributed by atoms with E-state index < -0.39 is 23.5 Å². The lowest BCUT2D eigenvalue weighted by Crippen LogP contribution is -2.50. The molecule has 0 aromatic carbocycles. The van der Waals surface area contributed by atoms with E-state index in [2.05, 4.69) is 15.6 Å². The molecule has 0 radical (unpaired) electrons. The first-order valence-corrected chi connectivity index (χ1v) is 9.22. The van der Waals surface area contributed by atoms with Crippen molar-refractivity contribution >= 4 is 29.5 Å². The van der Waals surface area contributed by atoms with E-state index >= 15 is 0 Å². The Morgan fingerprint density at radius 2 is 1.85 bits per heavy atom. The smallest absolute Gasteiger partial charge is 0.407 e. The van der Waals surface area contributed by atoms with Crippen LogP contribution >= 0.6 is 11.6 Å². The Bertz CT molecular complexity index is 736. The SMILES string of the molecule is Cc1c(F)c(N[C@@H]2CCCC[C@@H]2NC(=O)OC(C)(C)C)nc(Cl)c1C(=O)O. The lowest BCUT2D eigenvalue weighted by atomic mass is 9.90. The Kier molecular flexibility index (Phi) is 6.51. The predicted octanol–water partition coefficient (Wildman–Crippen LogP) is 4.13. The zero-order chi connectivity index (χ0) is 20.4. The predicted molar refractivity (Wildman–Crippen MR) is 99.9 cm³/mol. The second-order valence-electron chi connectivity index (χ2n) is 7.66. The van der Waals surface area contributed by atoms with Crippen LogP contribution in [0.25, 0.3) is 0 Å². The summed E-state index contributed by atoms with van der Waals surface area (Å²) in [5, 5.41) is 14.7. The summed E-state index contributed by atoms with van der Waals surface area (Å²) in [5.74, 6) is -2.22. The minimum Gasteiger partial charge on any atom is -0.478 e. The number of carbonyl (C=O) groups excluding carboxylic acids is 1. The van der Waals surface area contributed by atoms with Gasteiger partial charge in [-0.1, -0.05) is 24.4 Å². The molecule has 0 spiro atoms. The molecule has 0 bridgehead atoms. The van der Waals surface area contributed by atoms with E-state index in [4.69, 9.17) is 21.4 Å². The Morgan fingerprint density at radius 1 is 1.26 bits per heavy atom. The number of pyridine rings is 1. The van der Waals surface area contributed by atoms with Gasteiger partial charge in [-0.3, -0.25) is 0 Å². The molecule has 0 unspecified atom stereocenters. The number of amides is 1. The van der Waals surface area contributed by atoms with Crippen LogP contribution in [0.2, 0.25) is 5.15 Å². The van der Waals surface area contributed by atoms with Gasteiger partial charge in [0.05, 0.1) is 6.04 Å². The van der Waals surface area contributed by atoms with Crippen molar-refractivity contribution < 1.29 is 23.8 Å². The lowest BCUT2D eigenvalue weighted by Gasteiger charge is -2.34. The van der Waals surface area contributed by atoms with Crippen LogP contribution in [0.15, 0.2) is 0 Å². The Labute approximate surface area is 162 Å². The summed E-state index contributed by atoms with van der Waals surface area (Å²) >= 11 is 5.92. The molecule has 1 heterocycles. The molecule has 2 atom stereocenters. The molecule has 9 heteroatoms. The molecule has 2 rings (SSSR count). The number of anilines is 1. The summed E-state index contributed by atoms with van der Waals surface area (Å²) in [6.45, 7) is 6.67. The molecule has 3 N–H and O–H groups in total. The van der Waals surface area contributed by atoms with Crippen molar-refractivity contribution in [1.29, 1.82) is 0 Å². The Balaban J connectivity index is 2.19. The second-order valence-corrected chi connectivity index (χ2v) is 8.02. The summed E-state index contributed by atoms with van der Waals surface area (Å²) in [6.07, 6.45) is 2.69. The fraction of sp³-hybridized carbons (Fsp3) is 0.611. The second kappa shape index (κ2) is 8.29. The van der Waals surface area contributed by atoms with E-state index in [1.165, 1.54) is 6.92 Å². The zero-order valence-electron chi connectivity index (χ0n) is 15.9. The highest BCUT2D eigenvalue weighted by atomic mass is 35.5. The summed E-state index contributed by atoms with van der Waals surface area (Å²) in [5.41, 5.74) is -1.06. The molecule has 1 aliphatic rings. The number of aromatic nitrogens is 1. The zero-order valence-corrected chi connectivity index (χ0v) is 16.6. The highest BCUT2D eigenvalue weighted by Gasteiger charge is 2.30. The van der Waals surface area contributed by atoms with Crippen LogP contribution in [-0.4, -0.2) is 39.8 Å². The van der Waals surface area contributed by atoms with Gasteiger partial charge < -0.3 is 20.5 Å². The maximum atomic E-state index is 14.6. The number of carboxylic acid groups (broad SMARTS) is 1. The normalized spacial score (nSPS) is 20.1. The number of hydrogen-bond acceptors (Lipinski definition) is 5. The molecule has 150 valence electrons. The first-order chi connectivity index (χ1) is 12.5. The van der Waals surface area contributed by atoms with E-state index in [0.717, 1.165) is 12.8 Å². The van der Waals surface area contributed by atoms with Gasteiger partial charge in [-0.2, -0.15) is 0 Å². The van der Waals surface area contributed by atoms with Gasteiger partial charge in [0.15, 0.2) is 11.6 Å². The van der Waals surface area contributed by atoms with Gasteiger partial charge in [0.25, 0.3) is 0 Å². The number of nitrogens with zero attached hydrogens (tertiary/aromatic N) is 1. The number of carboxylic acids is 1. The third-order valence-corrected chi connectivity index (χ3v) is 4.61. The van der Waals surface area contributed by atoms with Crippen LogP contribution in [-0.2, 0) is 4.74 Å². The Hall–Kier alpha value is -2.09. The van der Waals surface area contributed by atoms with Crippen LogP contribution in [0, 0.1) is 12.7 Å². The van der Waals surface area contributed by atoms with Crippen LogP contribution < -0.4 is 10.6 Å². The number of aromatic carboxylic acids is 1. The molecular formula is C18H25ClFN3O4. The highest BCUT2D eigenvalue weighted by Crippen LogP contribution is 2.28. The largest absolute Gasteiger partial charge is 0.478 e. The number of alkyl carbamates (subject to hydrolysis) is 1. The maximum absolute atomic E-state index is 14.6. The number of nitrogens with one attached hydrogen (secondary N) is 2. The van der Waals surface area contributed by atoms with Gasteiger partial charge in [-0.25, -0.2) is 19.0 Å². The highest BCUT2D eigenvalue weighted by molar-refractivity contribution is 6.32.